The van der Waals surface area contributed by atoms with E-state index >= 15 is 0 Å². The molecule has 1 atom stereocenters. The number of furan rings is 1. The summed E-state index contributed by atoms with van der Waals surface area (Å²) in [6.07, 6.45) is 2.45. The van der Waals surface area contributed by atoms with Gasteiger partial charge in [-0.05, 0) is 51.5 Å². The van der Waals surface area contributed by atoms with Gasteiger partial charge in [-0.15, -0.1) is 46.7 Å². The lowest BCUT2D eigenvalue weighted by atomic mass is 10.0. The van der Waals surface area contributed by atoms with Gasteiger partial charge in [-0.1, -0.05) is 0 Å². The number of aliphatic hydroxyl groups is 1. The highest BCUT2D eigenvalue weighted by Gasteiger charge is 2.26. The number of hydrogen-bond donors (Lipinski definition) is 3. The van der Waals surface area contributed by atoms with E-state index in [4.69, 9.17) is 4.42 Å². The number of thiophene rings is 1. The van der Waals surface area contributed by atoms with E-state index in [1.807, 2.05) is 13.8 Å². The quantitative estimate of drug-likeness (QED) is 0.222. The predicted octanol–water partition coefficient (Wildman–Crippen LogP) is 4.40. The van der Waals surface area contributed by atoms with E-state index in [1.165, 1.54) is 9.75 Å². The van der Waals surface area contributed by atoms with Crippen molar-refractivity contribution in [3.05, 3.63) is 51.6 Å². The summed E-state index contributed by atoms with van der Waals surface area (Å²) in [4.78, 5) is 11.6. The molecule has 0 spiro atoms. The summed E-state index contributed by atoms with van der Waals surface area (Å²) >= 11 is 3.45. The highest BCUT2D eigenvalue weighted by Crippen LogP contribution is 2.29. The van der Waals surface area contributed by atoms with Gasteiger partial charge in [0, 0.05) is 23.3 Å². The topological polar surface area (TPSA) is 82.7 Å². The van der Waals surface area contributed by atoms with Crippen molar-refractivity contribution in [2.75, 3.05) is 19.6 Å². The lowest BCUT2D eigenvalue weighted by molar-refractivity contribution is 0.0437. The van der Waals surface area contributed by atoms with Crippen molar-refractivity contribution < 1.29 is 9.52 Å². The zero-order valence-electron chi connectivity index (χ0n) is 16.8. The minimum Gasteiger partial charge on any atom is -0.466 e. The molecule has 0 aliphatic rings. The van der Waals surface area contributed by atoms with Crippen LogP contribution in [0.15, 0.2) is 45.3 Å². The Kier molecular flexibility index (Phi) is 9.12. The first-order chi connectivity index (χ1) is 13.5. The van der Waals surface area contributed by atoms with Crippen molar-refractivity contribution in [2.24, 2.45) is 4.99 Å². The van der Waals surface area contributed by atoms with Gasteiger partial charge in [0.1, 0.15) is 11.4 Å². The molecule has 6 nitrogen and oxygen atoms in total. The largest absolute Gasteiger partial charge is 0.466 e. The molecule has 3 aromatic rings. The van der Waals surface area contributed by atoms with Gasteiger partial charge < -0.3 is 20.2 Å². The molecule has 0 amide bonds. The number of thiazole rings is 1. The molecule has 0 radical (unpaired) electrons. The second-order valence-electron chi connectivity index (χ2n) is 6.64. The molecule has 3 aromatic heterocycles. The minimum absolute atomic E-state index is 0. The molecule has 1 unspecified atom stereocenters. The third-order valence-electron chi connectivity index (χ3n) is 4.14. The Morgan fingerprint density at radius 2 is 2.14 bits per heavy atom. The molecule has 29 heavy (non-hydrogen) atoms. The number of nitrogens with zero attached hydrogens (tertiary/aromatic N) is 2. The van der Waals surface area contributed by atoms with Crippen molar-refractivity contribution in [1.82, 2.24) is 15.6 Å². The van der Waals surface area contributed by atoms with Crippen molar-refractivity contribution in [3.63, 3.8) is 0 Å². The van der Waals surface area contributed by atoms with E-state index in [-0.39, 0.29) is 30.5 Å². The number of hydrogen-bond acceptors (Lipinski definition) is 6. The van der Waals surface area contributed by atoms with Crippen LogP contribution in [0.1, 0.15) is 29.5 Å². The van der Waals surface area contributed by atoms with Crippen LogP contribution < -0.4 is 10.6 Å². The van der Waals surface area contributed by atoms with E-state index in [0.29, 0.717) is 11.7 Å². The first-order valence-corrected chi connectivity index (χ1v) is 11.0. The molecule has 158 valence electrons. The van der Waals surface area contributed by atoms with Crippen LogP contribution in [-0.2, 0) is 12.0 Å². The predicted molar refractivity (Wildman–Crippen MR) is 132 cm³/mol. The second-order valence-corrected chi connectivity index (χ2v) is 8.87. The van der Waals surface area contributed by atoms with E-state index < -0.39 is 5.60 Å². The number of aryl methyl sites for hydroxylation is 1. The Morgan fingerprint density at radius 3 is 2.79 bits per heavy atom. The Bertz CT molecular complexity index is 903. The second kappa shape index (κ2) is 11.1. The van der Waals surface area contributed by atoms with Gasteiger partial charge in [0.25, 0.3) is 0 Å². The number of aliphatic imine (C=N–C) groups is 1. The van der Waals surface area contributed by atoms with Crippen molar-refractivity contribution >= 4 is 52.6 Å². The molecule has 0 aliphatic heterocycles. The summed E-state index contributed by atoms with van der Waals surface area (Å²) in [6, 6.07) is 7.81. The van der Waals surface area contributed by atoms with E-state index in [2.05, 4.69) is 38.1 Å². The zero-order valence-corrected chi connectivity index (χ0v) is 20.7. The van der Waals surface area contributed by atoms with E-state index in [0.717, 1.165) is 30.2 Å². The fourth-order valence-corrected chi connectivity index (χ4v) is 4.32. The Labute approximate surface area is 196 Å². The summed E-state index contributed by atoms with van der Waals surface area (Å²) in [7, 11) is 0. The molecule has 0 aromatic carbocycles. The maximum atomic E-state index is 10.5. The number of rotatable bonds is 8. The van der Waals surface area contributed by atoms with Gasteiger partial charge in [0.05, 0.1) is 28.4 Å². The maximum absolute atomic E-state index is 10.5. The van der Waals surface area contributed by atoms with Gasteiger partial charge in [-0.25, -0.2) is 9.98 Å². The molecule has 0 saturated heterocycles. The zero-order chi connectivity index (χ0) is 20.0. The Balaban J connectivity index is 0.00000300. The number of aromatic nitrogens is 1. The molecule has 9 heteroatoms. The smallest absolute Gasteiger partial charge is 0.191 e. The molecule has 0 fully saturated rings. The van der Waals surface area contributed by atoms with Gasteiger partial charge in [0.15, 0.2) is 5.96 Å². The summed E-state index contributed by atoms with van der Waals surface area (Å²) in [6.45, 7) is 7.46. The van der Waals surface area contributed by atoms with Crippen molar-refractivity contribution in [2.45, 2.75) is 32.8 Å². The van der Waals surface area contributed by atoms with Gasteiger partial charge in [0.2, 0.25) is 0 Å². The molecule has 3 rings (SSSR count). The Hall–Kier alpha value is -1.43. The molecule has 3 heterocycles. The molecular weight excluding hydrogens is 519 g/mol. The van der Waals surface area contributed by atoms with Crippen LogP contribution in [0.3, 0.4) is 0 Å². The lowest BCUT2D eigenvalue weighted by Crippen LogP contribution is -2.39. The molecule has 0 aliphatic carbocycles. The van der Waals surface area contributed by atoms with Crippen molar-refractivity contribution in [3.8, 4) is 10.6 Å². The highest BCUT2D eigenvalue weighted by atomic mass is 127. The third kappa shape index (κ3) is 6.80. The average molecular weight is 547 g/mol. The number of nitrogens with one attached hydrogen (secondary N) is 2. The van der Waals surface area contributed by atoms with Crippen LogP contribution in [-0.4, -0.2) is 35.7 Å². The SMILES string of the molecule is CCNC(=NCC(C)(O)c1ccco1)NCCc1ccc(-c2csc(C)n2)s1.I. The first kappa shape index (κ1) is 23.8. The highest BCUT2D eigenvalue weighted by molar-refractivity contribution is 14.0. The summed E-state index contributed by atoms with van der Waals surface area (Å²) < 4.78 is 5.31. The van der Waals surface area contributed by atoms with Crippen LogP contribution in [0.5, 0.6) is 0 Å². The van der Waals surface area contributed by atoms with Crippen molar-refractivity contribution in [1.29, 1.82) is 0 Å². The summed E-state index contributed by atoms with van der Waals surface area (Å²) in [5, 5.41) is 20.3. The molecular formula is C20H27IN4O2S2. The van der Waals surface area contributed by atoms with Crippen LogP contribution in [0.4, 0.5) is 0 Å². The molecule has 3 N–H and O–H groups in total. The summed E-state index contributed by atoms with van der Waals surface area (Å²) in [5.41, 5.74) is -0.0815. The third-order valence-corrected chi connectivity index (χ3v) is 6.08. The number of guanidine groups is 1. The van der Waals surface area contributed by atoms with Gasteiger partial charge >= 0.3 is 0 Å². The minimum atomic E-state index is -1.14. The normalized spacial score (nSPS) is 13.6. The fraction of sp³-hybridized carbons (Fsp3) is 0.400. The monoisotopic (exact) mass is 546 g/mol. The van der Waals surface area contributed by atoms with Gasteiger partial charge in [-0.3, -0.25) is 0 Å². The van der Waals surface area contributed by atoms with E-state index in [9.17, 15) is 5.11 Å². The van der Waals surface area contributed by atoms with Crippen LogP contribution in [0.2, 0.25) is 0 Å². The van der Waals surface area contributed by atoms with E-state index in [1.54, 1.807) is 48.0 Å². The Morgan fingerprint density at radius 1 is 1.31 bits per heavy atom. The van der Waals surface area contributed by atoms with Crippen LogP contribution >= 0.6 is 46.7 Å². The summed E-state index contributed by atoms with van der Waals surface area (Å²) in [5.74, 6) is 1.19. The lowest BCUT2D eigenvalue weighted by Gasteiger charge is -2.19. The van der Waals surface area contributed by atoms with Gasteiger partial charge in [-0.2, -0.15) is 0 Å². The molecule has 0 saturated carbocycles. The van der Waals surface area contributed by atoms with Crippen LogP contribution in [0.25, 0.3) is 10.6 Å². The average Bonchev–Trinajstić information content (AvgIpc) is 3.41. The fourth-order valence-electron chi connectivity index (χ4n) is 2.67. The molecule has 0 bridgehead atoms. The van der Waals surface area contributed by atoms with Crippen LogP contribution in [0, 0.1) is 6.92 Å². The standard InChI is InChI=1S/C20H26N4O2S2.HI/c1-4-21-19(23-13-20(3,25)18-6-5-11-26-18)22-10-9-15-7-8-17(28-15)16-12-27-14(2)24-16;/h5-8,11-12,25H,4,9-10,13H2,1-3H3,(H2,21,22,23);1H. The first-order valence-electron chi connectivity index (χ1n) is 9.27. The number of halogens is 1. The maximum Gasteiger partial charge on any atom is 0.191 e.